The van der Waals surface area contributed by atoms with Crippen LogP contribution in [0.15, 0.2) is 54.6 Å². The molecule has 2 amide bonds. The fraction of sp³-hybridized carbons (Fsp3) is 0.200. The smallest absolute Gasteiger partial charge is 0.315 e. The van der Waals surface area contributed by atoms with Crippen LogP contribution in [0, 0.1) is 0 Å². The minimum Gasteiger partial charge on any atom is -0.454 e. The largest absolute Gasteiger partial charge is 0.454 e. The van der Waals surface area contributed by atoms with Crippen LogP contribution in [0.2, 0.25) is 0 Å². The SMILES string of the molecule is O=C(NCCNc1ccc2ccccc2n1)NCc1ccc2c(c1)OCO2. The van der Waals surface area contributed by atoms with Gasteiger partial charge in [-0.1, -0.05) is 24.3 Å². The van der Waals surface area contributed by atoms with Crippen molar-refractivity contribution in [2.24, 2.45) is 0 Å². The molecule has 7 heteroatoms. The Kier molecular flexibility index (Phi) is 4.91. The average molecular weight is 364 g/mol. The van der Waals surface area contributed by atoms with Crippen molar-refractivity contribution in [3.63, 3.8) is 0 Å². The topological polar surface area (TPSA) is 84.5 Å². The number of benzene rings is 2. The number of pyridine rings is 1. The number of para-hydroxylation sites is 1. The number of nitrogens with zero attached hydrogens (tertiary/aromatic N) is 1. The molecule has 0 fully saturated rings. The van der Waals surface area contributed by atoms with Crippen LogP contribution in [0.3, 0.4) is 0 Å². The first-order valence-corrected chi connectivity index (χ1v) is 8.78. The maximum Gasteiger partial charge on any atom is 0.315 e. The second-order valence-electron chi connectivity index (χ2n) is 6.11. The number of carbonyl (C=O) groups is 1. The van der Waals surface area contributed by atoms with E-state index in [1.165, 1.54) is 0 Å². The first-order chi connectivity index (χ1) is 13.3. The predicted molar refractivity (Wildman–Crippen MR) is 103 cm³/mol. The van der Waals surface area contributed by atoms with Gasteiger partial charge in [-0.15, -0.1) is 0 Å². The number of urea groups is 1. The Labute approximate surface area is 156 Å². The molecule has 0 saturated heterocycles. The number of carbonyl (C=O) groups excluding carboxylic acids is 1. The van der Waals surface area contributed by atoms with E-state index in [9.17, 15) is 4.79 Å². The number of ether oxygens (including phenoxy) is 2. The van der Waals surface area contributed by atoms with E-state index in [4.69, 9.17) is 9.47 Å². The molecular formula is C20H20N4O3. The zero-order valence-corrected chi connectivity index (χ0v) is 14.7. The van der Waals surface area contributed by atoms with Gasteiger partial charge in [-0.05, 0) is 35.9 Å². The van der Waals surface area contributed by atoms with Gasteiger partial charge in [0.2, 0.25) is 6.79 Å². The summed E-state index contributed by atoms with van der Waals surface area (Å²) in [5.41, 5.74) is 1.89. The van der Waals surface area contributed by atoms with Gasteiger partial charge in [0.25, 0.3) is 0 Å². The van der Waals surface area contributed by atoms with Crippen molar-refractivity contribution in [1.29, 1.82) is 0 Å². The van der Waals surface area contributed by atoms with Crippen molar-refractivity contribution >= 4 is 22.8 Å². The van der Waals surface area contributed by atoms with Crippen LogP contribution < -0.4 is 25.4 Å². The summed E-state index contributed by atoms with van der Waals surface area (Å²) in [4.78, 5) is 16.4. The minimum absolute atomic E-state index is 0.221. The number of nitrogens with one attached hydrogen (secondary N) is 3. The van der Waals surface area contributed by atoms with Gasteiger partial charge < -0.3 is 25.4 Å². The number of amides is 2. The van der Waals surface area contributed by atoms with Gasteiger partial charge in [-0.25, -0.2) is 9.78 Å². The molecule has 1 aliphatic heterocycles. The van der Waals surface area contributed by atoms with Crippen LogP contribution in [0.4, 0.5) is 10.6 Å². The van der Waals surface area contributed by atoms with Crippen LogP contribution in [-0.4, -0.2) is 30.9 Å². The molecule has 3 N–H and O–H groups in total. The van der Waals surface area contributed by atoms with E-state index in [1.54, 1.807) is 0 Å². The van der Waals surface area contributed by atoms with E-state index in [0.29, 0.717) is 25.4 Å². The van der Waals surface area contributed by atoms with Gasteiger partial charge in [0.15, 0.2) is 11.5 Å². The highest BCUT2D eigenvalue weighted by atomic mass is 16.7. The van der Waals surface area contributed by atoms with Crippen LogP contribution in [-0.2, 0) is 6.54 Å². The first-order valence-electron chi connectivity index (χ1n) is 8.78. The maximum atomic E-state index is 11.9. The third-order valence-electron chi connectivity index (χ3n) is 4.21. The fourth-order valence-electron chi connectivity index (χ4n) is 2.83. The molecule has 0 bridgehead atoms. The number of rotatable bonds is 6. The van der Waals surface area contributed by atoms with E-state index in [0.717, 1.165) is 28.0 Å². The number of hydrogen-bond donors (Lipinski definition) is 3. The number of hydrogen-bond acceptors (Lipinski definition) is 5. The highest BCUT2D eigenvalue weighted by molar-refractivity contribution is 5.80. The first kappa shape index (κ1) is 17.0. The van der Waals surface area contributed by atoms with Crippen molar-refractivity contribution in [1.82, 2.24) is 15.6 Å². The third kappa shape index (κ3) is 4.20. The molecule has 0 aliphatic carbocycles. The lowest BCUT2D eigenvalue weighted by Gasteiger charge is -2.10. The van der Waals surface area contributed by atoms with Crippen LogP contribution in [0.1, 0.15) is 5.56 Å². The van der Waals surface area contributed by atoms with Crippen molar-refractivity contribution in [2.75, 3.05) is 25.2 Å². The number of fused-ring (bicyclic) bond motifs is 2. The second-order valence-corrected chi connectivity index (χ2v) is 6.11. The van der Waals surface area contributed by atoms with Crippen molar-refractivity contribution in [3.05, 3.63) is 60.2 Å². The highest BCUT2D eigenvalue weighted by Crippen LogP contribution is 2.32. The molecule has 2 heterocycles. The summed E-state index contributed by atoms with van der Waals surface area (Å²) in [6.45, 7) is 1.73. The van der Waals surface area contributed by atoms with E-state index in [1.807, 2.05) is 54.6 Å². The van der Waals surface area contributed by atoms with Crippen LogP contribution in [0.5, 0.6) is 11.5 Å². The summed E-state index contributed by atoms with van der Waals surface area (Å²) in [6, 6.07) is 17.3. The van der Waals surface area contributed by atoms with Gasteiger partial charge in [0, 0.05) is 25.0 Å². The molecule has 0 spiro atoms. The van der Waals surface area contributed by atoms with E-state index in [-0.39, 0.29) is 12.8 Å². The number of aromatic nitrogens is 1. The molecule has 27 heavy (non-hydrogen) atoms. The minimum atomic E-state index is -0.221. The Morgan fingerprint density at radius 1 is 0.963 bits per heavy atom. The average Bonchev–Trinajstić information content (AvgIpc) is 3.17. The summed E-state index contributed by atoms with van der Waals surface area (Å²) in [5.74, 6) is 2.23. The normalized spacial score (nSPS) is 12.0. The molecule has 0 radical (unpaired) electrons. The summed E-state index contributed by atoms with van der Waals surface area (Å²) in [6.07, 6.45) is 0. The molecule has 1 aliphatic rings. The summed E-state index contributed by atoms with van der Waals surface area (Å²) in [5, 5.41) is 9.95. The highest BCUT2D eigenvalue weighted by Gasteiger charge is 2.13. The summed E-state index contributed by atoms with van der Waals surface area (Å²) < 4.78 is 10.6. The van der Waals surface area contributed by atoms with Crippen molar-refractivity contribution in [3.8, 4) is 11.5 Å². The Balaban J connectivity index is 1.19. The van der Waals surface area contributed by atoms with E-state index in [2.05, 4.69) is 20.9 Å². The van der Waals surface area contributed by atoms with Gasteiger partial charge in [0.1, 0.15) is 5.82 Å². The maximum absolute atomic E-state index is 11.9. The van der Waals surface area contributed by atoms with Gasteiger partial charge >= 0.3 is 6.03 Å². The molecule has 2 aromatic carbocycles. The predicted octanol–water partition coefficient (Wildman–Crippen LogP) is 2.87. The summed E-state index contributed by atoms with van der Waals surface area (Å²) in [7, 11) is 0. The van der Waals surface area contributed by atoms with E-state index >= 15 is 0 Å². The molecule has 7 nitrogen and oxygen atoms in total. The van der Waals surface area contributed by atoms with Crippen LogP contribution in [0.25, 0.3) is 10.9 Å². The van der Waals surface area contributed by atoms with Crippen molar-refractivity contribution in [2.45, 2.75) is 6.54 Å². The molecule has 4 rings (SSSR count). The Bertz CT molecular complexity index is 961. The molecule has 138 valence electrons. The van der Waals surface area contributed by atoms with E-state index < -0.39 is 0 Å². The van der Waals surface area contributed by atoms with Crippen molar-refractivity contribution < 1.29 is 14.3 Å². The third-order valence-corrected chi connectivity index (χ3v) is 4.21. The Morgan fingerprint density at radius 2 is 1.85 bits per heavy atom. The summed E-state index contributed by atoms with van der Waals surface area (Å²) >= 11 is 0. The molecule has 0 unspecified atom stereocenters. The number of anilines is 1. The standard InChI is InChI=1S/C20H20N4O3/c25-20(23-12-14-5-7-17-18(11-14)27-13-26-17)22-10-9-21-19-8-6-15-3-1-2-4-16(15)24-19/h1-8,11H,9-10,12-13H2,(H,21,24)(H2,22,23,25). The monoisotopic (exact) mass is 364 g/mol. The zero-order chi connectivity index (χ0) is 18.5. The van der Waals surface area contributed by atoms with Crippen LogP contribution >= 0.6 is 0 Å². The Hall–Kier alpha value is -3.48. The fourth-order valence-corrected chi connectivity index (χ4v) is 2.83. The lowest BCUT2D eigenvalue weighted by molar-refractivity contribution is 0.174. The van der Waals surface area contributed by atoms with Gasteiger partial charge in [0.05, 0.1) is 5.52 Å². The molecule has 1 aromatic heterocycles. The van der Waals surface area contributed by atoms with Gasteiger partial charge in [-0.2, -0.15) is 0 Å². The molecule has 3 aromatic rings. The van der Waals surface area contributed by atoms with Gasteiger partial charge in [-0.3, -0.25) is 0 Å². The second kappa shape index (κ2) is 7.82. The zero-order valence-electron chi connectivity index (χ0n) is 14.7. The molecule has 0 saturated carbocycles. The lowest BCUT2D eigenvalue weighted by Crippen LogP contribution is -2.37. The molecular weight excluding hydrogens is 344 g/mol. The Morgan fingerprint density at radius 3 is 2.81 bits per heavy atom. The lowest BCUT2D eigenvalue weighted by atomic mass is 10.2. The molecule has 0 atom stereocenters. The quantitative estimate of drug-likeness (QED) is 0.586.